The van der Waals surface area contributed by atoms with Crippen LogP contribution in [0.15, 0.2) is 78.1 Å². The van der Waals surface area contributed by atoms with Gasteiger partial charge in [-0.3, -0.25) is 9.59 Å². The van der Waals surface area contributed by atoms with Crippen molar-refractivity contribution in [1.82, 2.24) is 14.9 Å². The highest BCUT2D eigenvalue weighted by molar-refractivity contribution is 7.90. The Morgan fingerprint density at radius 3 is 2.36 bits per heavy atom. The molecule has 0 atom stereocenters. The molecular formula is C25H28N6O4S. The van der Waals surface area contributed by atoms with Crippen LogP contribution in [0.3, 0.4) is 0 Å². The minimum atomic E-state index is -3.73. The summed E-state index contributed by atoms with van der Waals surface area (Å²) in [6, 6.07) is 15.8. The summed E-state index contributed by atoms with van der Waals surface area (Å²) >= 11 is 0. The molecule has 1 heterocycles. The van der Waals surface area contributed by atoms with Crippen LogP contribution in [0.4, 0.5) is 22.9 Å². The molecule has 0 aliphatic rings. The smallest absolute Gasteiger partial charge is 0.263 e. The molecule has 0 bridgehead atoms. The second-order valence-corrected chi connectivity index (χ2v) is 10.2. The van der Waals surface area contributed by atoms with Gasteiger partial charge >= 0.3 is 0 Å². The SMILES string of the molecule is CN(C)C/C=C/C(=O)Nc1cccc(Nc2nc(S(C)(=O)=O)ncc2C(=O)N(C)c2ccccc2)c1. The number of carbonyl (C=O) groups is 2. The van der Waals surface area contributed by atoms with Crippen LogP contribution in [0.1, 0.15) is 10.4 Å². The fourth-order valence-corrected chi connectivity index (χ4v) is 3.61. The van der Waals surface area contributed by atoms with Gasteiger partial charge in [-0.2, -0.15) is 4.98 Å². The highest BCUT2D eigenvalue weighted by atomic mass is 32.2. The molecule has 0 radical (unpaired) electrons. The Balaban J connectivity index is 1.90. The molecule has 3 rings (SSSR count). The van der Waals surface area contributed by atoms with Crippen molar-refractivity contribution in [3.8, 4) is 0 Å². The highest BCUT2D eigenvalue weighted by Crippen LogP contribution is 2.25. The molecule has 0 saturated carbocycles. The van der Waals surface area contributed by atoms with E-state index in [0.29, 0.717) is 23.6 Å². The van der Waals surface area contributed by atoms with Crippen LogP contribution in [-0.4, -0.2) is 69.0 Å². The number of nitrogens with zero attached hydrogens (tertiary/aromatic N) is 4. The van der Waals surface area contributed by atoms with Crippen molar-refractivity contribution >= 4 is 44.5 Å². The number of benzene rings is 2. The molecule has 0 spiro atoms. The van der Waals surface area contributed by atoms with Crippen LogP contribution in [0.5, 0.6) is 0 Å². The third-order valence-electron chi connectivity index (χ3n) is 4.91. The van der Waals surface area contributed by atoms with Gasteiger partial charge in [0.1, 0.15) is 11.4 Å². The topological polar surface area (TPSA) is 125 Å². The van der Waals surface area contributed by atoms with Crippen molar-refractivity contribution in [1.29, 1.82) is 0 Å². The lowest BCUT2D eigenvalue weighted by Gasteiger charge is -2.19. The Labute approximate surface area is 210 Å². The summed E-state index contributed by atoms with van der Waals surface area (Å²) in [5.41, 5.74) is 1.72. The maximum atomic E-state index is 13.3. The number of aromatic nitrogens is 2. The first kappa shape index (κ1) is 26.5. The van der Waals surface area contributed by atoms with E-state index in [2.05, 4.69) is 20.6 Å². The number of likely N-dealkylation sites (N-methyl/N-ethyl adjacent to an activating group) is 1. The molecule has 0 fully saturated rings. The van der Waals surface area contributed by atoms with Crippen molar-refractivity contribution in [3.63, 3.8) is 0 Å². The Morgan fingerprint density at radius 1 is 1.00 bits per heavy atom. The number of sulfone groups is 1. The largest absolute Gasteiger partial charge is 0.339 e. The van der Waals surface area contributed by atoms with Gasteiger partial charge in [-0.15, -0.1) is 0 Å². The second kappa shape index (κ2) is 11.6. The van der Waals surface area contributed by atoms with Gasteiger partial charge < -0.3 is 20.4 Å². The van der Waals surface area contributed by atoms with E-state index in [1.54, 1.807) is 61.7 Å². The van der Waals surface area contributed by atoms with E-state index in [1.165, 1.54) is 17.2 Å². The summed E-state index contributed by atoms with van der Waals surface area (Å²) in [5, 5.41) is 5.35. The third-order valence-corrected chi connectivity index (χ3v) is 5.77. The maximum Gasteiger partial charge on any atom is 0.263 e. The number of carbonyl (C=O) groups excluding carboxylic acids is 2. The average Bonchev–Trinajstić information content (AvgIpc) is 2.83. The van der Waals surface area contributed by atoms with Gasteiger partial charge in [-0.05, 0) is 44.4 Å². The molecule has 0 saturated heterocycles. The third kappa shape index (κ3) is 7.20. The summed E-state index contributed by atoms with van der Waals surface area (Å²) in [4.78, 5) is 36.8. The molecule has 2 aromatic carbocycles. The van der Waals surface area contributed by atoms with Gasteiger partial charge in [-0.25, -0.2) is 13.4 Å². The van der Waals surface area contributed by atoms with E-state index in [9.17, 15) is 18.0 Å². The highest BCUT2D eigenvalue weighted by Gasteiger charge is 2.22. The maximum absolute atomic E-state index is 13.3. The monoisotopic (exact) mass is 508 g/mol. The van der Waals surface area contributed by atoms with Crippen molar-refractivity contribution in [2.75, 3.05) is 49.5 Å². The first-order valence-corrected chi connectivity index (χ1v) is 12.8. The predicted molar refractivity (Wildman–Crippen MR) is 140 cm³/mol. The molecule has 10 nitrogen and oxygen atoms in total. The second-order valence-electron chi connectivity index (χ2n) is 8.25. The van der Waals surface area contributed by atoms with Crippen LogP contribution < -0.4 is 15.5 Å². The predicted octanol–water partition coefficient (Wildman–Crippen LogP) is 2.96. The molecule has 0 aliphatic heterocycles. The van der Waals surface area contributed by atoms with Crippen molar-refractivity contribution in [2.45, 2.75) is 5.16 Å². The Kier molecular flexibility index (Phi) is 8.51. The van der Waals surface area contributed by atoms with E-state index in [-0.39, 0.29) is 17.3 Å². The molecule has 0 aliphatic carbocycles. The Hall–Kier alpha value is -4.09. The van der Waals surface area contributed by atoms with Crippen LogP contribution in [0.2, 0.25) is 0 Å². The molecule has 1 aromatic heterocycles. The quantitative estimate of drug-likeness (QED) is 0.334. The summed E-state index contributed by atoms with van der Waals surface area (Å²) in [5.74, 6) is -0.706. The average molecular weight is 509 g/mol. The molecule has 2 N–H and O–H groups in total. The normalized spacial score (nSPS) is 11.5. The summed E-state index contributed by atoms with van der Waals surface area (Å²) in [6.07, 6.45) is 5.36. The molecule has 36 heavy (non-hydrogen) atoms. The van der Waals surface area contributed by atoms with E-state index < -0.39 is 20.9 Å². The van der Waals surface area contributed by atoms with Gasteiger partial charge in [0.15, 0.2) is 0 Å². The summed E-state index contributed by atoms with van der Waals surface area (Å²) < 4.78 is 24.1. The van der Waals surface area contributed by atoms with Crippen LogP contribution in [-0.2, 0) is 14.6 Å². The van der Waals surface area contributed by atoms with E-state index in [4.69, 9.17) is 0 Å². The van der Waals surface area contributed by atoms with Gasteiger partial charge in [-0.1, -0.05) is 30.3 Å². The van der Waals surface area contributed by atoms with E-state index in [1.807, 2.05) is 25.1 Å². The standard InChI is InChI=1S/C25H28N6O4S/c1-30(2)15-9-14-22(32)27-18-10-8-11-19(16-18)28-23-21(17-26-25(29-23)36(4,34)35)24(33)31(3)20-12-6-5-7-13-20/h5-14,16-17H,15H2,1-4H3,(H,27,32)(H,26,28,29)/b14-9+. The van der Waals surface area contributed by atoms with Gasteiger partial charge in [0.05, 0.1) is 0 Å². The Morgan fingerprint density at radius 2 is 1.69 bits per heavy atom. The number of rotatable bonds is 9. The molecule has 2 amide bonds. The zero-order valence-corrected chi connectivity index (χ0v) is 21.3. The lowest BCUT2D eigenvalue weighted by molar-refractivity contribution is -0.111. The summed E-state index contributed by atoms with van der Waals surface area (Å²) in [6.45, 7) is 0.625. The minimum absolute atomic E-state index is 0.0209. The van der Waals surface area contributed by atoms with Gasteiger partial charge in [0.2, 0.25) is 20.9 Å². The van der Waals surface area contributed by atoms with Crippen molar-refractivity contribution in [3.05, 3.63) is 78.5 Å². The van der Waals surface area contributed by atoms with Gasteiger partial charge in [0.25, 0.3) is 5.91 Å². The van der Waals surface area contributed by atoms with Gasteiger partial charge in [0, 0.05) is 49.2 Å². The molecule has 3 aromatic rings. The molecule has 11 heteroatoms. The number of para-hydroxylation sites is 1. The molecular weight excluding hydrogens is 480 g/mol. The lowest BCUT2D eigenvalue weighted by atomic mass is 10.2. The zero-order chi connectivity index (χ0) is 26.3. The van der Waals surface area contributed by atoms with Crippen LogP contribution >= 0.6 is 0 Å². The number of nitrogens with one attached hydrogen (secondary N) is 2. The number of hydrogen-bond donors (Lipinski definition) is 2. The first-order valence-electron chi connectivity index (χ1n) is 10.9. The fraction of sp³-hybridized carbons (Fsp3) is 0.200. The van der Waals surface area contributed by atoms with Crippen molar-refractivity contribution < 1.29 is 18.0 Å². The summed E-state index contributed by atoms with van der Waals surface area (Å²) in [7, 11) is 1.67. The fourth-order valence-electron chi connectivity index (χ4n) is 3.11. The van der Waals surface area contributed by atoms with E-state index >= 15 is 0 Å². The zero-order valence-electron chi connectivity index (χ0n) is 20.5. The minimum Gasteiger partial charge on any atom is -0.339 e. The number of anilines is 4. The molecule has 0 unspecified atom stereocenters. The lowest BCUT2D eigenvalue weighted by Crippen LogP contribution is -2.27. The molecule has 188 valence electrons. The number of amides is 2. The van der Waals surface area contributed by atoms with Crippen LogP contribution in [0, 0.1) is 0 Å². The van der Waals surface area contributed by atoms with Crippen LogP contribution in [0.25, 0.3) is 0 Å². The number of hydrogen-bond acceptors (Lipinski definition) is 8. The first-order chi connectivity index (χ1) is 17.0. The Bertz CT molecular complexity index is 1370. The van der Waals surface area contributed by atoms with Crippen molar-refractivity contribution in [2.24, 2.45) is 0 Å². The van der Waals surface area contributed by atoms with E-state index in [0.717, 1.165) is 6.26 Å².